The fraction of sp³-hybridized carbons (Fsp3) is 0.100. The number of carbonyl (C=O) groups is 1. The molecule has 0 atom stereocenters. The number of hydrogen-bond acceptors (Lipinski definition) is 4. The molecule has 5 heteroatoms. The molecule has 0 aliphatic heterocycles. The molecular weight excluding hydrogens is 210 g/mol. The average Bonchev–Trinajstić information content (AvgIpc) is 2.83. The maximum absolute atomic E-state index is 10.1. The number of carbonyl (C=O) groups excluding carboxylic acids is 1. The number of rotatable bonds is 3. The maximum Gasteiger partial charge on any atom is 0.142 e. The zero-order valence-corrected chi connectivity index (χ0v) is 8.94. The number of hydrogen-bond donors (Lipinski definition) is 0. The van der Waals surface area contributed by atoms with Gasteiger partial charge in [0.25, 0.3) is 0 Å². The molecule has 0 aliphatic carbocycles. The van der Waals surface area contributed by atoms with Crippen LogP contribution in [-0.2, 0) is 11.8 Å². The van der Waals surface area contributed by atoms with Crippen molar-refractivity contribution in [2.75, 3.05) is 0 Å². The van der Waals surface area contributed by atoms with Crippen molar-refractivity contribution in [3.05, 3.63) is 29.5 Å². The highest BCUT2D eigenvalue weighted by Gasteiger charge is 2.04. The fourth-order valence-corrected chi connectivity index (χ4v) is 1.93. The lowest BCUT2D eigenvalue weighted by atomic mass is 10.4. The van der Waals surface area contributed by atoms with Gasteiger partial charge in [-0.1, -0.05) is 0 Å². The van der Waals surface area contributed by atoms with Gasteiger partial charge >= 0.3 is 0 Å². The maximum atomic E-state index is 10.1. The molecule has 0 radical (unpaired) electrons. The van der Waals surface area contributed by atoms with E-state index < -0.39 is 0 Å². The van der Waals surface area contributed by atoms with Gasteiger partial charge in [-0.05, 0) is 12.2 Å². The molecule has 2 aromatic heterocycles. The predicted molar refractivity (Wildman–Crippen MR) is 59.4 cm³/mol. The van der Waals surface area contributed by atoms with Crippen molar-refractivity contribution in [3.8, 4) is 10.6 Å². The van der Waals surface area contributed by atoms with Gasteiger partial charge in [-0.25, -0.2) is 4.98 Å². The molecule has 2 rings (SSSR count). The van der Waals surface area contributed by atoms with Gasteiger partial charge < -0.3 is 0 Å². The van der Waals surface area contributed by atoms with Gasteiger partial charge in [0.1, 0.15) is 11.3 Å². The van der Waals surface area contributed by atoms with Crippen molar-refractivity contribution in [2.24, 2.45) is 7.05 Å². The molecule has 0 saturated carbocycles. The highest BCUT2D eigenvalue weighted by Crippen LogP contribution is 2.23. The Bertz CT molecular complexity index is 498. The second kappa shape index (κ2) is 4.18. The van der Waals surface area contributed by atoms with E-state index in [9.17, 15) is 4.79 Å². The third-order valence-corrected chi connectivity index (χ3v) is 2.73. The van der Waals surface area contributed by atoms with Crippen molar-refractivity contribution in [2.45, 2.75) is 0 Å². The molecule has 76 valence electrons. The van der Waals surface area contributed by atoms with Crippen LogP contribution in [0.5, 0.6) is 0 Å². The second-order valence-corrected chi connectivity index (χ2v) is 3.83. The Balaban J connectivity index is 2.27. The minimum absolute atomic E-state index is 0.739. The highest BCUT2D eigenvalue weighted by atomic mass is 32.1. The Morgan fingerprint density at radius 1 is 1.53 bits per heavy atom. The van der Waals surface area contributed by atoms with Crippen LogP contribution in [0.25, 0.3) is 16.6 Å². The van der Waals surface area contributed by atoms with E-state index in [1.54, 1.807) is 17.0 Å². The first-order valence-electron chi connectivity index (χ1n) is 4.36. The number of allylic oxidation sites excluding steroid dienone is 1. The monoisotopic (exact) mass is 219 g/mol. The topological polar surface area (TPSA) is 47.8 Å². The lowest BCUT2D eigenvalue weighted by Gasteiger charge is -1.86. The molecule has 0 amide bonds. The molecule has 0 spiro atoms. The Kier molecular flexibility index (Phi) is 2.73. The Morgan fingerprint density at radius 2 is 2.40 bits per heavy atom. The summed E-state index contributed by atoms with van der Waals surface area (Å²) in [7, 11) is 1.87. The minimum atomic E-state index is 0.739. The molecule has 2 heterocycles. The van der Waals surface area contributed by atoms with E-state index in [-0.39, 0.29) is 0 Å². The highest BCUT2D eigenvalue weighted by molar-refractivity contribution is 7.13. The fourth-order valence-electron chi connectivity index (χ4n) is 1.16. The van der Waals surface area contributed by atoms with E-state index in [0.29, 0.717) is 0 Å². The standard InChI is InChI=1S/C10H9N3OS/c1-13-6-8(5-11-13)10-12-9(7-15-10)3-2-4-14/h2-7H,1H3/b3-2+. The van der Waals surface area contributed by atoms with E-state index in [2.05, 4.69) is 10.1 Å². The van der Waals surface area contributed by atoms with Crippen molar-refractivity contribution >= 4 is 23.7 Å². The van der Waals surface area contributed by atoms with E-state index in [4.69, 9.17) is 0 Å². The SMILES string of the molecule is Cn1cc(-c2nc(/C=C/C=O)cs2)cn1. The van der Waals surface area contributed by atoms with Crippen LogP contribution in [-0.4, -0.2) is 21.1 Å². The van der Waals surface area contributed by atoms with E-state index in [1.165, 1.54) is 17.4 Å². The van der Waals surface area contributed by atoms with Crippen LogP contribution >= 0.6 is 11.3 Å². The number of aromatic nitrogens is 3. The van der Waals surface area contributed by atoms with Gasteiger partial charge in [-0.3, -0.25) is 9.48 Å². The first kappa shape index (κ1) is 9.79. The molecule has 0 saturated heterocycles. The average molecular weight is 219 g/mol. The van der Waals surface area contributed by atoms with E-state index in [1.807, 2.05) is 18.6 Å². The first-order valence-corrected chi connectivity index (χ1v) is 5.24. The summed E-state index contributed by atoms with van der Waals surface area (Å²) >= 11 is 1.53. The van der Waals surface area contributed by atoms with Gasteiger partial charge in [0, 0.05) is 24.2 Å². The third kappa shape index (κ3) is 2.19. The number of aryl methyl sites for hydroxylation is 1. The molecule has 15 heavy (non-hydrogen) atoms. The van der Waals surface area contributed by atoms with Crippen LogP contribution in [0.3, 0.4) is 0 Å². The van der Waals surface area contributed by atoms with Crippen molar-refractivity contribution in [1.29, 1.82) is 0 Å². The molecule has 2 aromatic rings. The second-order valence-electron chi connectivity index (χ2n) is 2.98. The van der Waals surface area contributed by atoms with Crippen molar-refractivity contribution in [1.82, 2.24) is 14.8 Å². The summed E-state index contributed by atoms with van der Waals surface area (Å²) in [5.41, 5.74) is 1.79. The van der Waals surface area contributed by atoms with Crippen LogP contribution in [0.15, 0.2) is 23.8 Å². The van der Waals surface area contributed by atoms with Crippen LogP contribution in [0.1, 0.15) is 5.69 Å². The van der Waals surface area contributed by atoms with Crippen LogP contribution in [0.4, 0.5) is 0 Å². The molecule has 0 aromatic carbocycles. The van der Waals surface area contributed by atoms with Crippen molar-refractivity contribution in [3.63, 3.8) is 0 Å². The van der Waals surface area contributed by atoms with Crippen LogP contribution in [0.2, 0.25) is 0 Å². The minimum Gasteiger partial charge on any atom is -0.299 e. The number of aldehydes is 1. The van der Waals surface area contributed by atoms with Gasteiger partial charge in [-0.15, -0.1) is 11.3 Å². The summed E-state index contributed by atoms with van der Waals surface area (Å²) in [4.78, 5) is 14.5. The van der Waals surface area contributed by atoms with E-state index in [0.717, 1.165) is 22.6 Å². The van der Waals surface area contributed by atoms with Crippen molar-refractivity contribution < 1.29 is 4.79 Å². The quantitative estimate of drug-likeness (QED) is 0.583. The zero-order valence-electron chi connectivity index (χ0n) is 8.12. The summed E-state index contributed by atoms with van der Waals surface area (Å²) in [5.74, 6) is 0. The number of thiazole rings is 1. The largest absolute Gasteiger partial charge is 0.299 e. The third-order valence-electron chi connectivity index (χ3n) is 1.82. The van der Waals surface area contributed by atoms with Gasteiger partial charge in [0.15, 0.2) is 0 Å². The zero-order chi connectivity index (χ0) is 10.7. The summed E-state index contributed by atoms with van der Waals surface area (Å²) in [6.45, 7) is 0. The summed E-state index contributed by atoms with van der Waals surface area (Å²) in [6, 6.07) is 0. The Labute approximate surface area is 90.9 Å². The Morgan fingerprint density at radius 3 is 3.07 bits per heavy atom. The molecule has 0 fully saturated rings. The molecular formula is C10H9N3OS. The van der Waals surface area contributed by atoms with Crippen LogP contribution < -0.4 is 0 Å². The van der Waals surface area contributed by atoms with Gasteiger partial charge in [-0.2, -0.15) is 5.10 Å². The van der Waals surface area contributed by atoms with E-state index >= 15 is 0 Å². The normalized spacial score (nSPS) is 11.0. The predicted octanol–water partition coefficient (Wildman–Crippen LogP) is 1.76. The summed E-state index contributed by atoms with van der Waals surface area (Å²) in [5, 5.41) is 6.89. The number of nitrogens with zero attached hydrogens (tertiary/aromatic N) is 3. The first-order chi connectivity index (χ1) is 7.29. The van der Waals surface area contributed by atoms with Gasteiger partial charge in [0.2, 0.25) is 0 Å². The van der Waals surface area contributed by atoms with Gasteiger partial charge in [0.05, 0.1) is 11.9 Å². The molecule has 4 nitrogen and oxygen atoms in total. The molecule has 0 N–H and O–H groups in total. The summed E-state index contributed by atoms with van der Waals surface area (Å²) < 4.78 is 1.73. The molecule has 0 unspecified atom stereocenters. The summed E-state index contributed by atoms with van der Waals surface area (Å²) in [6.07, 6.45) is 7.53. The lowest BCUT2D eigenvalue weighted by molar-refractivity contribution is -0.104. The smallest absolute Gasteiger partial charge is 0.142 e. The Hall–Kier alpha value is -1.75. The molecule has 0 bridgehead atoms. The van der Waals surface area contributed by atoms with Crippen LogP contribution in [0, 0.1) is 0 Å². The lowest BCUT2D eigenvalue weighted by Crippen LogP contribution is -1.84. The molecule has 0 aliphatic rings.